The molecule has 4 heterocycles. The average molecular weight is 929 g/mol. The van der Waals surface area contributed by atoms with Crippen LogP contribution in [0.1, 0.15) is 55.2 Å². The van der Waals surface area contributed by atoms with Gasteiger partial charge in [0.1, 0.15) is 60.1 Å². The van der Waals surface area contributed by atoms with Crippen molar-refractivity contribution in [3.63, 3.8) is 0 Å². The summed E-state index contributed by atoms with van der Waals surface area (Å²) in [5.74, 6) is -9.50. The number of benzene rings is 3. The van der Waals surface area contributed by atoms with Gasteiger partial charge in [-0.05, 0) is 74.7 Å². The van der Waals surface area contributed by atoms with Gasteiger partial charge in [0.2, 0.25) is 12.4 Å². The molecule has 1 aliphatic carbocycles. The van der Waals surface area contributed by atoms with Crippen LogP contribution in [0, 0.1) is 19.8 Å². The quantitative estimate of drug-likeness (QED) is 0.0428. The zero-order valence-electron chi connectivity index (χ0n) is 36.7. The Labute approximate surface area is 383 Å². The third kappa shape index (κ3) is 9.66. The number of phenols is 1. The maximum absolute atomic E-state index is 13.9. The Hall–Kier alpha value is -5.84. The molecule has 3 aliphatic heterocycles. The molecule has 1 saturated carbocycles. The van der Waals surface area contributed by atoms with Crippen molar-refractivity contribution in [1.82, 2.24) is 5.32 Å². The number of aliphatic hydroxyl groups is 6. The van der Waals surface area contributed by atoms with Crippen molar-refractivity contribution < 1.29 is 79.0 Å². The molecule has 0 spiro atoms. The number of hydrogen-bond donors (Lipinski definition) is 10. The van der Waals surface area contributed by atoms with E-state index in [9.17, 15) is 55.2 Å². The van der Waals surface area contributed by atoms with E-state index in [1.807, 2.05) is 38.1 Å². The fourth-order valence-electron chi connectivity index (χ4n) is 9.38. The molecule has 3 aromatic carbocycles. The van der Waals surface area contributed by atoms with Crippen LogP contribution in [-0.4, -0.2) is 127 Å². The van der Waals surface area contributed by atoms with Gasteiger partial charge in [-0.15, -0.1) is 0 Å². The maximum Gasteiger partial charge on any atom is 0.327 e. The Morgan fingerprint density at radius 3 is 2.34 bits per heavy atom. The molecule has 19 nitrogen and oxygen atoms in total. The van der Waals surface area contributed by atoms with Crippen LogP contribution < -0.4 is 20.5 Å². The number of aromatic hydroxyl groups is 1. The molecule has 356 valence electrons. The largest absolute Gasteiger partial charge is 0.508 e. The van der Waals surface area contributed by atoms with Crippen molar-refractivity contribution in [3.8, 4) is 22.6 Å². The molecule has 9 atom stereocenters. The second-order valence-electron chi connectivity index (χ2n) is 17.5. The van der Waals surface area contributed by atoms with Crippen LogP contribution in [-0.2, 0) is 23.9 Å². The topological polar surface area (TPSA) is 292 Å². The second-order valence-corrected chi connectivity index (χ2v) is 17.5. The fourth-order valence-corrected chi connectivity index (χ4v) is 9.38. The highest BCUT2D eigenvalue weighted by molar-refractivity contribution is 5.95. The number of aliphatic hydroxyl groups excluding tert-OH is 4. The lowest BCUT2D eigenvalue weighted by Crippen LogP contribution is -3.08. The van der Waals surface area contributed by atoms with Crippen LogP contribution in [0.5, 0.6) is 11.5 Å². The molecule has 9 unspecified atom stereocenters. The highest BCUT2D eigenvalue weighted by Crippen LogP contribution is 2.36. The van der Waals surface area contributed by atoms with Crippen molar-refractivity contribution in [2.45, 2.75) is 101 Å². The van der Waals surface area contributed by atoms with E-state index in [4.69, 9.17) is 23.5 Å². The van der Waals surface area contributed by atoms with Gasteiger partial charge in [0, 0.05) is 42.5 Å². The smallest absolute Gasteiger partial charge is 0.327 e. The highest BCUT2D eigenvalue weighted by Gasteiger charge is 2.60. The summed E-state index contributed by atoms with van der Waals surface area (Å²) in [4.78, 5) is 51.4. The van der Waals surface area contributed by atoms with E-state index >= 15 is 0 Å². The molecule has 67 heavy (non-hydrogen) atoms. The lowest BCUT2D eigenvalue weighted by molar-refractivity contribution is -1.04. The van der Waals surface area contributed by atoms with E-state index in [1.165, 1.54) is 36.6 Å². The first-order chi connectivity index (χ1) is 32.0. The molecule has 10 N–H and O–H groups in total. The minimum atomic E-state index is -3.31. The molecule has 8 rings (SSSR count). The Morgan fingerprint density at radius 1 is 0.955 bits per heavy atom. The van der Waals surface area contributed by atoms with Crippen LogP contribution >= 0.6 is 0 Å². The predicted octanol–water partition coefficient (Wildman–Crippen LogP) is 1.10. The Kier molecular flexibility index (Phi) is 13.8. The number of nitrogens with zero attached hydrogens (tertiary/aromatic N) is 1. The predicted molar refractivity (Wildman–Crippen MR) is 237 cm³/mol. The number of allylic oxidation sites excluding steroid dienone is 1. The summed E-state index contributed by atoms with van der Waals surface area (Å²) < 4.78 is 23.6. The van der Waals surface area contributed by atoms with Crippen LogP contribution in [0.25, 0.3) is 27.8 Å². The zero-order valence-corrected chi connectivity index (χ0v) is 36.7. The summed E-state index contributed by atoms with van der Waals surface area (Å²) in [5.41, 5.74) is 2.39. The van der Waals surface area contributed by atoms with E-state index in [2.05, 4.69) is 10.3 Å². The number of ether oxygens (including phenoxy) is 3. The van der Waals surface area contributed by atoms with E-state index in [0.717, 1.165) is 41.5 Å². The number of carbonyl (C=O) groups is 2. The van der Waals surface area contributed by atoms with Gasteiger partial charge in [0.05, 0.1) is 10.9 Å². The van der Waals surface area contributed by atoms with Gasteiger partial charge in [-0.25, -0.2) is 4.99 Å². The number of hydrogen-bond acceptors (Lipinski definition) is 17. The first-order valence-electron chi connectivity index (χ1n) is 22.0. The minimum absolute atomic E-state index is 0.00756. The normalized spacial score (nSPS) is 25.3. The monoisotopic (exact) mass is 928 g/mol. The van der Waals surface area contributed by atoms with Crippen LogP contribution in [0.15, 0.2) is 98.5 Å². The van der Waals surface area contributed by atoms with Gasteiger partial charge in [-0.3, -0.25) is 19.7 Å². The second kappa shape index (κ2) is 19.4. The van der Waals surface area contributed by atoms with Crippen molar-refractivity contribution in [2.24, 2.45) is 10.9 Å². The molecule has 19 heteroatoms. The van der Waals surface area contributed by atoms with Gasteiger partial charge in [-0.2, -0.15) is 9.90 Å². The highest BCUT2D eigenvalue weighted by atomic mass is 16.8. The van der Waals surface area contributed by atoms with E-state index in [1.54, 1.807) is 18.3 Å². The first kappa shape index (κ1) is 47.6. The fraction of sp³-hybridized carbons (Fsp3) is 0.417. The Morgan fingerprint density at radius 2 is 1.67 bits per heavy atom. The summed E-state index contributed by atoms with van der Waals surface area (Å²) in [6.45, 7) is 1.77. The standard InChI is InChI=1S/C48H53N3O16/c1-25-18-26(2)20-29(19-25)38-37-28(14-16-49-37)22-51(38)67-42-40(56)41(57)43(48(62,24-53)66-45(60)36(44(58)59)47(61,15-17-52)50-30-6-4-3-5-7-30)65-46(42)64-32-12-13-33-35(21-32)63-23-34(39(33)55)27-8-10-31(54)11-9-27/h8-14,16,18-21,23,30,36,40-43,46,50,52-54,56-57,61-62H,3-7,15,17,22,24H2,1-2H3,(H,58,59)/p+1. The summed E-state index contributed by atoms with van der Waals surface area (Å²) >= 11 is 0. The molecule has 4 aliphatic rings. The molecular formula is C48H54N3O16+. The number of hydroxylamine groups is 2. The van der Waals surface area contributed by atoms with E-state index in [-0.39, 0.29) is 34.6 Å². The number of carboxylic acids is 1. The molecule has 2 fully saturated rings. The average Bonchev–Trinajstić information content (AvgIpc) is 3.88. The van der Waals surface area contributed by atoms with Crippen molar-refractivity contribution in [2.75, 3.05) is 19.8 Å². The molecule has 4 aromatic rings. The number of nitrogens with one attached hydrogen (secondary N) is 2. The van der Waals surface area contributed by atoms with Crippen molar-refractivity contribution >= 4 is 34.8 Å². The number of esters is 1. The Bertz CT molecular complexity index is 2640. The minimum Gasteiger partial charge on any atom is -0.508 e. The summed E-state index contributed by atoms with van der Waals surface area (Å²) in [6, 6.07) is 15.5. The number of aliphatic carboxylic acids is 1. The SMILES string of the molecule is Cc1cc(C)cc(C2=C3N=CC=C3C[NH+]2OC2C(Oc3ccc4c(=O)c(-c5ccc(O)cc5)coc4c3)OC(C(O)(CO)OC(=O)C(C(=O)O)C(O)(CCO)NC3CCCCC3)C(O)C2O)c1. The number of quaternary nitrogens is 1. The molecular weight excluding hydrogens is 875 g/mol. The lowest BCUT2D eigenvalue weighted by Gasteiger charge is -2.46. The van der Waals surface area contributed by atoms with Gasteiger partial charge >= 0.3 is 11.9 Å². The third-order valence-corrected chi connectivity index (χ3v) is 12.6. The number of fused-ring (bicyclic) bond motifs is 2. The number of carboxylic acid groups (broad SMARTS) is 1. The summed E-state index contributed by atoms with van der Waals surface area (Å²) in [6.07, 6.45) is -2.50. The molecule has 0 bridgehead atoms. The number of aliphatic imine (C=N–C) groups is 1. The van der Waals surface area contributed by atoms with Gasteiger partial charge in [0.15, 0.2) is 23.1 Å². The number of phenolic OH excluding ortho intramolecular Hbond substituents is 1. The maximum atomic E-state index is 13.9. The summed E-state index contributed by atoms with van der Waals surface area (Å²) in [7, 11) is 0. The number of carbonyl (C=O) groups excluding carboxylic acids is 1. The molecule has 1 aromatic heterocycles. The van der Waals surface area contributed by atoms with E-state index in [0.29, 0.717) is 34.9 Å². The van der Waals surface area contributed by atoms with Gasteiger partial charge < -0.3 is 59.5 Å². The van der Waals surface area contributed by atoms with Crippen molar-refractivity contribution in [1.29, 1.82) is 0 Å². The zero-order chi connectivity index (χ0) is 47.8. The third-order valence-electron chi connectivity index (χ3n) is 12.6. The van der Waals surface area contributed by atoms with Gasteiger partial charge in [0.25, 0.3) is 5.79 Å². The summed E-state index contributed by atoms with van der Waals surface area (Å²) in [5, 5.41) is 91.3. The molecule has 0 radical (unpaired) electrons. The van der Waals surface area contributed by atoms with Crippen LogP contribution in [0.2, 0.25) is 0 Å². The number of aryl methyl sites for hydroxylation is 2. The van der Waals surface area contributed by atoms with Crippen LogP contribution in [0.4, 0.5) is 0 Å². The molecule has 1 saturated heterocycles. The molecule has 0 amide bonds. The Balaban J connectivity index is 1.13. The van der Waals surface area contributed by atoms with E-state index < -0.39 is 91.2 Å². The first-order valence-corrected chi connectivity index (χ1v) is 22.0. The van der Waals surface area contributed by atoms with Crippen molar-refractivity contribution in [3.05, 3.63) is 111 Å². The van der Waals surface area contributed by atoms with Gasteiger partial charge in [-0.1, -0.05) is 48.6 Å². The lowest BCUT2D eigenvalue weighted by atomic mass is 9.88. The van der Waals surface area contributed by atoms with Crippen LogP contribution in [0.3, 0.4) is 0 Å². The number of rotatable bonds is 16.